The first-order valence-electron chi connectivity index (χ1n) is 6.06. The van der Waals surface area contributed by atoms with Gasteiger partial charge in [0.2, 0.25) is 5.82 Å². The van der Waals surface area contributed by atoms with Crippen molar-refractivity contribution in [3.63, 3.8) is 0 Å². The molecular weight excluding hydrogens is 299 g/mol. The van der Waals surface area contributed by atoms with Crippen LogP contribution in [-0.2, 0) is 13.2 Å². The Bertz CT molecular complexity index is 679. The molecule has 21 heavy (non-hydrogen) atoms. The summed E-state index contributed by atoms with van der Waals surface area (Å²) in [5.74, 6) is -0.544. The molecule has 0 aromatic heterocycles. The Balaban J connectivity index is 2.17. The monoisotopic (exact) mass is 310 g/mol. The lowest BCUT2D eigenvalue weighted by molar-refractivity contribution is -0.387. The summed E-state index contributed by atoms with van der Waals surface area (Å²) in [6, 6.07) is 8.94. The fraction of sp³-hybridized carbons (Fsp3) is 0.143. The highest BCUT2D eigenvalue weighted by atomic mass is 35.5. The molecule has 2 N–H and O–H groups in total. The van der Waals surface area contributed by atoms with Crippen molar-refractivity contribution in [2.45, 2.75) is 13.2 Å². The average molecular weight is 311 g/mol. The molecule has 0 radical (unpaired) electrons. The largest absolute Gasteiger partial charge is 0.487 e. The van der Waals surface area contributed by atoms with Crippen molar-refractivity contribution in [3.05, 3.63) is 68.5 Å². The Hall–Kier alpha value is -2.18. The molecule has 0 atom stereocenters. The van der Waals surface area contributed by atoms with Crippen LogP contribution in [0.4, 0.5) is 10.1 Å². The van der Waals surface area contributed by atoms with Gasteiger partial charge in [0.05, 0.1) is 9.95 Å². The number of benzene rings is 2. The van der Waals surface area contributed by atoms with Gasteiger partial charge in [-0.15, -0.1) is 0 Å². The molecular formula is C14H12ClFN2O3. The molecule has 0 bridgehead atoms. The van der Waals surface area contributed by atoms with Crippen LogP contribution in [0, 0.1) is 15.9 Å². The van der Waals surface area contributed by atoms with Crippen molar-refractivity contribution in [1.82, 2.24) is 0 Å². The summed E-state index contributed by atoms with van der Waals surface area (Å²) in [6.07, 6.45) is 0. The van der Waals surface area contributed by atoms with Crippen LogP contribution in [-0.4, -0.2) is 4.92 Å². The van der Waals surface area contributed by atoms with Crippen LogP contribution < -0.4 is 10.5 Å². The topological polar surface area (TPSA) is 78.4 Å². The van der Waals surface area contributed by atoms with Crippen molar-refractivity contribution >= 4 is 17.3 Å². The van der Waals surface area contributed by atoms with Crippen LogP contribution in [0.1, 0.15) is 11.1 Å². The minimum Gasteiger partial charge on any atom is -0.487 e. The number of nitrogens with zero attached hydrogens (tertiary/aromatic N) is 1. The Labute approximate surface area is 125 Å². The van der Waals surface area contributed by atoms with Gasteiger partial charge in [-0.05, 0) is 17.7 Å². The standard InChI is InChI=1S/C14H12ClFN2O3/c15-11-6-9(7-17)4-5-13(11)21-8-10-2-1-3-12(14(10)16)18(19)20/h1-6H,7-8,17H2. The molecule has 0 spiro atoms. The van der Waals surface area contributed by atoms with E-state index >= 15 is 0 Å². The van der Waals surface area contributed by atoms with Gasteiger partial charge in [-0.25, -0.2) is 0 Å². The fourth-order valence-electron chi connectivity index (χ4n) is 1.76. The van der Waals surface area contributed by atoms with Gasteiger partial charge in [0.15, 0.2) is 0 Å². The smallest absolute Gasteiger partial charge is 0.305 e. The lowest BCUT2D eigenvalue weighted by atomic mass is 10.2. The third-order valence-electron chi connectivity index (χ3n) is 2.87. The van der Waals surface area contributed by atoms with Gasteiger partial charge in [-0.3, -0.25) is 10.1 Å². The van der Waals surface area contributed by atoms with Gasteiger partial charge in [-0.2, -0.15) is 4.39 Å². The first kappa shape index (κ1) is 15.2. The highest BCUT2D eigenvalue weighted by Gasteiger charge is 2.17. The minimum absolute atomic E-state index is 0.0863. The molecule has 7 heteroatoms. The Morgan fingerprint density at radius 1 is 1.33 bits per heavy atom. The van der Waals surface area contributed by atoms with Crippen LogP contribution in [0.2, 0.25) is 5.02 Å². The third kappa shape index (κ3) is 3.48. The number of rotatable bonds is 5. The first-order valence-corrected chi connectivity index (χ1v) is 6.43. The van der Waals surface area contributed by atoms with Gasteiger partial charge in [-0.1, -0.05) is 29.8 Å². The van der Waals surface area contributed by atoms with Gasteiger partial charge >= 0.3 is 5.69 Å². The van der Waals surface area contributed by atoms with Crippen molar-refractivity contribution in [3.8, 4) is 5.75 Å². The number of nitrogens with two attached hydrogens (primary N) is 1. The summed E-state index contributed by atoms with van der Waals surface area (Å²) in [5.41, 5.74) is 5.83. The van der Waals surface area contributed by atoms with E-state index in [1.165, 1.54) is 12.1 Å². The maximum Gasteiger partial charge on any atom is 0.305 e. The summed E-state index contributed by atoms with van der Waals surface area (Å²) < 4.78 is 19.3. The quantitative estimate of drug-likeness (QED) is 0.678. The van der Waals surface area contributed by atoms with Crippen LogP contribution >= 0.6 is 11.6 Å². The average Bonchev–Trinajstić information content (AvgIpc) is 2.46. The molecule has 0 aliphatic carbocycles. The molecule has 0 amide bonds. The first-order chi connectivity index (χ1) is 10.0. The summed E-state index contributed by atoms with van der Waals surface area (Å²) >= 11 is 6.01. The maximum absolute atomic E-state index is 13.9. The molecule has 0 unspecified atom stereocenters. The highest BCUT2D eigenvalue weighted by Crippen LogP contribution is 2.27. The molecule has 0 aliphatic rings. The normalized spacial score (nSPS) is 10.4. The molecule has 0 saturated heterocycles. The molecule has 2 aromatic carbocycles. The third-order valence-corrected chi connectivity index (χ3v) is 3.17. The van der Waals surface area contributed by atoms with Crippen molar-refractivity contribution < 1.29 is 14.1 Å². The van der Waals surface area contributed by atoms with E-state index in [0.717, 1.165) is 11.6 Å². The second kappa shape index (κ2) is 6.51. The van der Waals surface area contributed by atoms with Gasteiger partial charge in [0.25, 0.3) is 0 Å². The summed E-state index contributed by atoms with van der Waals surface area (Å²) in [5, 5.41) is 11.0. The fourth-order valence-corrected chi connectivity index (χ4v) is 2.02. The van der Waals surface area contributed by atoms with Crippen LogP contribution in [0.25, 0.3) is 0 Å². The van der Waals surface area contributed by atoms with Crippen LogP contribution in [0.5, 0.6) is 5.75 Å². The van der Waals surface area contributed by atoms with E-state index in [4.69, 9.17) is 22.1 Å². The van der Waals surface area contributed by atoms with E-state index in [0.29, 0.717) is 17.3 Å². The molecule has 2 rings (SSSR count). The van der Waals surface area contributed by atoms with Crippen LogP contribution in [0.3, 0.4) is 0 Å². The SMILES string of the molecule is NCc1ccc(OCc2cccc([N+](=O)[O-])c2F)c(Cl)c1. The molecule has 0 heterocycles. The second-order valence-electron chi connectivity index (χ2n) is 4.26. The molecule has 0 aliphatic heterocycles. The zero-order valence-corrected chi connectivity index (χ0v) is 11.6. The number of nitro groups is 1. The summed E-state index contributed by atoms with van der Waals surface area (Å²) in [4.78, 5) is 9.89. The van der Waals surface area contributed by atoms with Gasteiger partial charge < -0.3 is 10.5 Å². The summed E-state index contributed by atoms with van der Waals surface area (Å²) in [7, 11) is 0. The number of hydrogen-bond acceptors (Lipinski definition) is 4. The molecule has 5 nitrogen and oxygen atoms in total. The number of halogens is 2. The molecule has 2 aromatic rings. The van der Waals surface area contributed by atoms with Crippen molar-refractivity contribution in [1.29, 1.82) is 0 Å². The maximum atomic E-state index is 13.9. The Morgan fingerprint density at radius 2 is 2.10 bits per heavy atom. The zero-order chi connectivity index (χ0) is 15.4. The van der Waals surface area contributed by atoms with Gasteiger partial charge in [0.1, 0.15) is 12.4 Å². The zero-order valence-electron chi connectivity index (χ0n) is 10.9. The predicted octanol–water partition coefficient (Wildman–Crippen LogP) is 3.43. The van der Waals surface area contributed by atoms with Crippen molar-refractivity contribution in [2.24, 2.45) is 5.73 Å². The minimum atomic E-state index is -0.905. The van der Waals surface area contributed by atoms with Gasteiger partial charge in [0, 0.05) is 18.2 Å². The van der Waals surface area contributed by atoms with E-state index in [2.05, 4.69) is 0 Å². The highest BCUT2D eigenvalue weighted by molar-refractivity contribution is 6.32. The Kier molecular flexibility index (Phi) is 4.72. The van der Waals surface area contributed by atoms with E-state index < -0.39 is 16.4 Å². The number of nitro benzene ring substituents is 1. The van der Waals surface area contributed by atoms with Crippen LogP contribution in [0.15, 0.2) is 36.4 Å². The number of ether oxygens (including phenoxy) is 1. The van der Waals surface area contributed by atoms with Crippen molar-refractivity contribution in [2.75, 3.05) is 0 Å². The van der Waals surface area contributed by atoms with E-state index in [9.17, 15) is 14.5 Å². The second-order valence-corrected chi connectivity index (χ2v) is 4.67. The van der Waals surface area contributed by atoms with E-state index in [1.54, 1.807) is 18.2 Å². The Morgan fingerprint density at radius 3 is 2.71 bits per heavy atom. The predicted molar refractivity (Wildman–Crippen MR) is 76.7 cm³/mol. The molecule has 0 fully saturated rings. The molecule has 0 saturated carbocycles. The number of hydrogen-bond donors (Lipinski definition) is 1. The van der Waals surface area contributed by atoms with E-state index in [1.807, 2.05) is 0 Å². The lowest BCUT2D eigenvalue weighted by Gasteiger charge is -2.09. The lowest BCUT2D eigenvalue weighted by Crippen LogP contribution is -2.02. The summed E-state index contributed by atoms with van der Waals surface area (Å²) in [6.45, 7) is 0.189. The van der Waals surface area contributed by atoms with E-state index in [-0.39, 0.29) is 12.2 Å². The molecule has 110 valence electrons.